The van der Waals surface area contributed by atoms with Crippen LogP contribution < -0.4 is 23.7 Å². The number of aromatic nitrogens is 1. The minimum Gasteiger partial charge on any atom is -0.493 e. The number of carbonyl (C=O) groups excluding carboxylic acids is 2. The topological polar surface area (TPSA) is 85.2 Å². The number of para-hydroxylation sites is 1. The third-order valence-corrected chi connectivity index (χ3v) is 6.20. The summed E-state index contributed by atoms with van der Waals surface area (Å²) >= 11 is 0. The molecule has 0 radical (unpaired) electrons. The van der Waals surface area contributed by atoms with E-state index in [1.807, 2.05) is 30.5 Å². The summed E-state index contributed by atoms with van der Waals surface area (Å²) in [6, 6.07) is 15.7. The quantitative estimate of drug-likeness (QED) is 0.188. The molecule has 1 aliphatic heterocycles. The maximum atomic E-state index is 13.0. The lowest BCUT2D eigenvalue weighted by molar-refractivity contribution is 0.0733. The number of carbonyl (C=O) groups is 2. The Morgan fingerprint density at radius 2 is 1.70 bits per heavy atom. The summed E-state index contributed by atoms with van der Waals surface area (Å²) in [6.07, 6.45) is 3.75. The number of methoxy groups -OCH3 is 3. The fourth-order valence-electron chi connectivity index (χ4n) is 4.39. The summed E-state index contributed by atoms with van der Waals surface area (Å²) in [6.45, 7) is 2.87. The van der Waals surface area contributed by atoms with Crippen molar-refractivity contribution in [3.8, 4) is 28.7 Å². The molecule has 0 amide bonds. The third-order valence-electron chi connectivity index (χ3n) is 6.20. The fraction of sp³-hybridized carbons (Fsp3) is 0.172. The van der Waals surface area contributed by atoms with Gasteiger partial charge in [-0.05, 0) is 43.3 Å². The Morgan fingerprint density at radius 3 is 2.38 bits per heavy atom. The molecule has 0 bridgehead atoms. The lowest BCUT2D eigenvalue weighted by atomic mass is 10.1. The van der Waals surface area contributed by atoms with Crippen molar-refractivity contribution in [3.63, 3.8) is 0 Å². The van der Waals surface area contributed by atoms with Crippen molar-refractivity contribution >= 4 is 28.7 Å². The van der Waals surface area contributed by atoms with Gasteiger partial charge < -0.3 is 28.3 Å². The van der Waals surface area contributed by atoms with Crippen LogP contribution in [0.25, 0.3) is 17.0 Å². The molecule has 1 aromatic heterocycles. The van der Waals surface area contributed by atoms with E-state index in [4.69, 9.17) is 23.7 Å². The van der Waals surface area contributed by atoms with Crippen LogP contribution in [0.2, 0.25) is 0 Å². The van der Waals surface area contributed by atoms with Gasteiger partial charge in [-0.25, -0.2) is 4.79 Å². The SMILES string of the molecule is CCn1cc(/C=C2/Oc3cc(OC(=O)c4cc(OC)c(OC)c(OC)c4)ccc3C2=O)c2ccccc21. The number of Topliss-reactive ketones (excluding diaryl/α,β-unsaturated/α-hetero) is 1. The summed E-state index contributed by atoms with van der Waals surface area (Å²) in [5, 5.41) is 1.03. The molecule has 8 heteroatoms. The average molecular weight is 500 g/mol. The van der Waals surface area contributed by atoms with Crippen molar-refractivity contribution in [1.82, 2.24) is 4.57 Å². The van der Waals surface area contributed by atoms with Gasteiger partial charge in [-0.3, -0.25) is 4.79 Å². The van der Waals surface area contributed by atoms with Crippen molar-refractivity contribution in [2.45, 2.75) is 13.5 Å². The van der Waals surface area contributed by atoms with E-state index in [0.717, 1.165) is 23.0 Å². The van der Waals surface area contributed by atoms with Gasteiger partial charge in [0.15, 0.2) is 17.3 Å². The molecule has 5 rings (SSSR count). The molecule has 0 spiro atoms. The Hall–Kier alpha value is -4.72. The number of allylic oxidation sites excluding steroid dienone is 1. The second-order valence-electron chi connectivity index (χ2n) is 8.29. The minimum absolute atomic E-state index is 0.208. The standard InChI is InChI=1S/C29H25NO7/c1-5-30-16-18(20-8-6-7-9-22(20)30)14-24-27(31)21-11-10-19(15-23(21)37-24)36-29(32)17-12-25(33-2)28(35-4)26(13-17)34-3/h6-16H,5H2,1-4H3/b24-14+. The van der Waals surface area contributed by atoms with E-state index in [-0.39, 0.29) is 22.9 Å². The molecular formula is C29H25NO7. The summed E-state index contributed by atoms with van der Waals surface area (Å²) in [7, 11) is 4.41. The van der Waals surface area contributed by atoms with Crippen molar-refractivity contribution in [3.05, 3.63) is 83.2 Å². The zero-order valence-electron chi connectivity index (χ0n) is 20.9. The molecule has 1 aliphatic rings. The molecule has 4 aromatic rings. The maximum absolute atomic E-state index is 13.0. The molecule has 37 heavy (non-hydrogen) atoms. The van der Waals surface area contributed by atoms with E-state index in [9.17, 15) is 9.59 Å². The van der Waals surface area contributed by atoms with Gasteiger partial charge in [0.2, 0.25) is 11.5 Å². The van der Waals surface area contributed by atoms with Gasteiger partial charge in [-0.2, -0.15) is 0 Å². The first-order valence-corrected chi connectivity index (χ1v) is 11.7. The highest BCUT2D eigenvalue weighted by Crippen LogP contribution is 2.39. The van der Waals surface area contributed by atoms with Gasteiger partial charge in [0.05, 0.1) is 32.5 Å². The number of rotatable bonds is 7. The summed E-state index contributed by atoms with van der Waals surface area (Å²) < 4.78 is 29.5. The average Bonchev–Trinajstić information content (AvgIpc) is 3.44. The van der Waals surface area contributed by atoms with Crippen LogP contribution in [0, 0.1) is 0 Å². The largest absolute Gasteiger partial charge is 0.493 e. The van der Waals surface area contributed by atoms with Gasteiger partial charge in [0.1, 0.15) is 11.5 Å². The molecule has 0 unspecified atom stereocenters. The molecular weight excluding hydrogens is 474 g/mol. The lowest BCUT2D eigenvalue weighted by Gasteiger charge is -2.13. The first-order valence-electron chi connectivity index (χ1n) is 11.7. The van der Waals surface area contributed by atoms with Gasteiger partial charge in [-0.15, -0.1) is 0 Å². The van der Waals surface area contributed by atoms with Gasteiger partial charge >= 0.3 is 5.97 Å². The normalized spacial score (nSPS) is 13.4. The highest BCUT2D eigenvalue weighted by Gasteiger charge is 2.29. The number of hydrogen-bond donors (Lipinski definition) is 0. The van der Waals surface area contributed by atoms with E-state index < -0.39 is 5.97 Å². The van der Waals surface area contributed by atoms with Crippen molar-refractivity contribution in [1.29, 1.82) is 0 Å². The predicted octanol–water partition coefficient (Wildman–Crippen LogP) is 5.52. The number of hydrogen-bond acceptors (Lipinski definition) is 7. The van der Waals surface area contributed by atoms with E-state index >= 15 is 0 Å². The summed E-state index contributed by atoms with van der Waals surface area (Å²) in [5.41, 5.74) is 2.58. The molecule has 0 atom stereocenters. The molecule has 2 heterocycles. The summed E-state index contributed by atoms with van der Waals surface area (Å²) in [4.78, 5) is 25.9. The van der Waals surface area contributed by atoms with Crippen LogP contribution in [0.15, 0.2) is 66.6 Å². The smallest absolute Gasteiger partial charge is 0.343 e. The molecule has 188 valence electrons. The number of nitrogens with zero attached hydrogens (tertiary/aromatic N) is 1. The highest BCUT2D eigenvalue weighted by molar-refractivity contribution is 6.15. The zero-order valence-corrected chi connectivity index (χ0v) is 20.9. The number of ketones is 1. The molecule has 0 saturated heterocycles. The molecule has 0 N–H and O–H groups in total. The van der Waals surface area contributed by atoms with Gasteiger partial charge in [-0.1, -0.05) is 18.2 Å². The lowest BCUT2D eigenvalue weighted by Crippen LogP contribution is -2.09. The van der Waals surface area contributed by atoms with Crippen LogP contribution >= 0.6 is 0 Å². The van der Waals surface area contributed by atoms with Crippen molar-refractivity contribution < 1.29 is 33.3 Å². The van der Waals surface area contributed by atoms with E-state index in [1.165, 1.54) is 39.5 Å². The molecule has 8 nitrogen and oxygen atoms in total. The first-order chi connectivity index (χ1) is 18.0. The number of esters is 1. The van der Waals surface area contributed by atoms with Gasteiger partial charge in [0.25, 0.3) is 0 Å². The Kier molecular flexibility index (Phi) is 6.31. The zero-order chi connectivity index (χ0) is 26.1. The van der Waals surface area contributed by atoms with E-state index in [0.29, 0.717) is 28.6 Å². The first kappa shape index (κ1) is 24.0. The van der Waals surface area contributed by atoms with Crippen LogP contribution in [-0.2, 0) is 6.54 Å². The molecule has 0 saturated carbocycles. The Labute approximate surface area is 213 Å². The van der Waals surface area contributed by atoms with Gasteiger partial charge in [0, 0.05) is 35.3 Å². The minimum atomic E-state index is -0.633. The summed E-state index contributed by atoms with van der Waals surface area (Å²) in [5.74, 6) is 0.929. The second-order valence-corrected chi connectivity index (χ2v) is 8.29. The van der Waals surface area contributed by atoms with Crippen LogP contribution in [0.4, 0.5) is 0 Å². The maximum Gasteiger partial charge on any atom is 0.343 e. The number of benzene rings is 3. The van der Waals surface area contributed by atoms with E-state index in [1.54, 1.807) is 18.2 Å². The Morgan fingerprint density at radius 1 is 0.973 bits per heavy atom. The Bertz CT molecular complexity index is 1540. The monoisotopic (exact) mass is 499 g/mol. The number of fused-ring (bicyclic) bond motifs is 2. The molecule has 0 fully saturated rings. The van der Waals surface area contributed by atoms with Crippen LogP contribution in [0.5, 0.6) is 28.7 Å². The van der Waals surface area contributed by atoms with Crippen molar-refractivity contribution in [2.75, 3.05) is 21.3 Å². The number of aryl methyl sites for hydroxylation is 1. The van der Waals surface area contributed by atoms with Crippen molar-refractivity contribution in [2.24, 2.45) is 0 Å². The van der Waals surface area contributed by atoms with Crippen LogP contribution in [0.1, 0.15) is 33.2 Å². The third kappa shape index (κ3) is 4.27. The Balaban J connectivity index is 1.41. The number of ether oxygens (including phenoxy) is 5. The van der Waals surface area contributed by atoms with Crippen LogP contribution in [0.3, 0.4) is 0 Å². The molecule has 3 aromatic carbocycles. The van der Waals surface area contributed by atoms with E-state index in [2.05, 4.69) is 11.5 Å². The van der Waals surface area contributed by atoms with Crippen LogP contribution in [-0.4, -0.2) is 37.6 Å². The fourth-order valence-corrected chi connectivity index (χ4v) is 4.39. The second kappa shape index (κ2) is 9.73. The molecule has 0 aliphatic carbocycles. The predicted molar refractivity (Wildman–Crippen MR) is 138 cm³/mol. The highest BCUT2D eigenvalue weighted by atomic mass is 16.5.